The third kappa shape index (κ3) is 8.96. The molecule has 3 aromatic carbocycles. The van der Waals surface area contributed by atoms with Crippen molar-refractivity contribution in [2.45, 2.75) is 63.9 Å². The Kier molecular flexibility index (Phi) is 12.3. The van der Waals surface area contributed by atoms with Crippen LogP contribution in [0.3, 0.4) is 0 Å². The van der Waals surface area contributed by atoms with E-state index in [2.05, 4.69) is 15.1 Å². The number of phenolic OH excluding ortho intramolecular Hbond substituents is 1. The number of hydrogen-bond donors (Lipinski definition) is 3. The fourth-order valence-electron chi connectivity index (χ4n) is 5.31. The van der Waals surface area contributed by atoms with Crippen LogP contribution in [0.1, 0.15) is 61.6 Å². The molecule has 0 saturated carbocycles. The minimum absolute atomic E-state index is 0.0789. The quantitative estimate of drug-likeness (QED) is 0.153. The van der Waals surface area contributed by atoms with Gasteiger partial charge in [0.15, 0.2) is 0 Å². The van der Waals surface area contributed by atoms with Crippen molar-refractivity contribution in [1.82, 2.24) is 25.0 Å². The molecule has 11 nitrogen and oxygen atoms in total. The van der Waals surface area contributed by atoms with Crippen molar-refractivity contribution in [3.63, 3.8) is 0 Å². The SMILES string of the molecule is CCCN(C(=O)c1ccc2ccccc2n1)[C@@H](CC(=O)NC)C(=O)N(Cc1ccccc1)NS(=O)(=O)c1cccc(CCC(C)C)c1O. The lowest BCUT2D eigenvalue weighted by atomic mass is 10.0. The van der Waals surface area contributed by atoms with Gasteiger partial charge in [-0.3, -0.25) is 19.4 Å². The average molecular weight is 674 g/mol. The molecular weight excluding hydrogens is 630 g/mol. The first kappa shape index (κ1) is 36.0. The molecule has 1 aromatic heterocycles. The van der Waals surface area contributed by atoms with E-state index in [1.54, 1.807) is 66.7 Å². The summed E-state index contributed by atoms with van der Waals surface area (Å²) in [6.07, 6.45) is 1.21. The van der Waals surface area contributed by atoms with Crippen molar-refractivity contribution < 1.29 is 27.9 Å². The minimum Gasteiger partial charge on any atom is -0.506 e. The third-order valence-electron chi connectivity index (χ3n) is 7.90. The number of aryl methyl sites for hydroxylation is 1. The van der Waals surface area contributed by atoms with Crippen molar-refractivity contribution in [3.05, 3.63) is 102 Å². The van der Waals surface area contributed by atoms with Crippen LogP contribution in [0.5, 0.6) is 5.75 Å². The fraction of sp³-hybridized carbons (Fsp3) is 0.333. The molecule has 0 aliphatic rings. The third-order valence-corrected chi connectivity index (χ3v) is 9.27. The zero-order valence-electron chi connectivity index (χ0n) is 27.7. The number of aromatic hydroxyl groups is 1. The lowest BCUT2D eigenvalue weighted by molar-refractivity contribution is -0.141. The van der Waals surface area contributed by atoms with Crippen LogP contribution in [-0.2, 0) is 32.6 Å². The molecule has 0 saturated heterocycles. The molecule has 0 radical (unpaired) electrons. The monoisotopic (exact) mass is 673 g/mol. The predicted molar refractivity (Wildman–Crippen MR) is 184 cm³/mol. The molecule has 0 spiro atoms. The number of carbonyl (C=O) groups excluding carboxylic acids is 3. The van der Waals surface area contributed by atoms with Gasteiger partial charge in [0, 0.05) is 19.0 Å². The Balaban J connectivity index is 1.76. The lowest BCUT2D eigenvalue weighted by Crippen LogP contribution is -2.56. The Bertz CT molecular complexity index is 1850. The molecule has 3 N–H and O–H groups in total. The standard InChI is InChI=1S/C36H43N5O6S/c1-5-22-40(35(44)30-21-20-27-14-9-10-16-29(27)38-30)31(23-33(42)37-4)36(45)41(24-26-12-7-6-8-13-26)39-48(46,47)32-17-11-15-28(34(32)43)19-18-25(2)3/h6-17,20-21,25,31,39,43H,5,18-19,22-24H2,1-4H3,(H,37,42)/t31-/m0/s1. The van der Waals surface area contributed by atoms with E-state index in [0.29, 0.717) is 35.4 Å². The molecule has 0 aliphatic heterocycles. The number of fused-ring (bicyclic) bond motifs is 1. The van der Waals surface area contributed by atoms with Crippen LogP contribution < -0.4 is 10.1 Å². The molecule has 0 bridgehead atoms. The van der Waals surface area contributed by atoms with E-state index in [0.717, 1.165) is 16.8 Å². The Morgan fingerprint density at radius 3 is 2.31 bits per heavy atom. The van der Waals surface area contributed by atoms with Crippen molar-refractivity contribution >= 4 is 38.6 Å². The van der Waals surface area contributed by atoms with Crippen LogP contribution in [0, 0.1) is 5.92 Å². The Morgan fingerprint density at radius 1 is 0.917 bits per heavy atom. The van der Waals surface area contributed by atoms with Crippen LogP contribution in [0.25, 0.3) is 10.9 Å². The van der Waals surface area contributed by atoms with Gasteiger partial charge in [-0.05, 0) is 54.5 Å². The first-order valence-corrected chi connectivity index (χ1v) is 17.5. The van der Waals surface area contributed by atoms with Crippen molar-refractivity contribution in [2.24, 2.45) is 5.92 Å². The second-order valence-electron chi connectivity index (χ2n) is 12.0. The number of aromatic nitrogens is 1. The Labute approximate surface area is 282 Å². The number of rotatable bonds is 15. The highest BCUT2D eigenvalue weighted by Gasteiger charge is 2.37. The summed E-state index contributed by atoms with van der Waals surface area (Å²) in [5.41, 5.74) is 1.72. The van der Waals surface area contributed by atoms with E-state index < -0.39 is 46.0 Å². The van der Waals surface area contributed by atoms with E-state index in [9.17, 15) is 27.9 Å². The van der Waals surface area contributed by atoms with Gasteiger partial charge in [-0.1, -0.05) is 87.5 Å². The van der Waals surface area contributed by atoms with Gasteiger partial charge in [0.2, 0.25) is 5.91 Å². The summed E-state index contributed by atoms with van der Waals surface area (Å²) in [5.74, 6) is -2.00. The number of sulfonamides is 1. The first-order chi connectivity index (χ1) is 22.9. The van der Waals surface area contributed by atoms with Crippen LogP contribution in [-0.4, -0.2) is 65.8 Å². The molecule has 0 unspecified atom stereocenters. The number of nitrogens with zero attached hydrogens (tertiary/aromatic N) is 3. The minimum atomic E-state index is -4.53. The van der Waals surface area contributed by atoms with E-state index >= 15 is 0 Å². The predicted octanol–water partition coefficient (Wildman–Crippen LogP) is 4.81. The maximum atomic E-state index is 14.5. The smallest absolute Gasteiger partial charge is 0.273 e. The largest absolute Gasteiger partial charge is 0.506 e. The number of nitrogens with one attached hydrogen (secondary N) is 2. The van der Waals surface area contributed by atoms with E-state index in [1.165, 1.54) is 18.0 Å². The molecule has 48 heavy (non-hydrogen) atoms. The Morgan fingerprint density at radius 2 is 1.62 bits per heavy atom. The van der Waals surface area contributed by atoms with Crippen LogP contribution in [0.4, 0.5) is 0 Å². The number of para-hydroxylation sites is 2. The molecule has 0 fully saturated rings. The van der Waals surface area contributed by atoms with Crippen molar-refractivity contribution in [1.29, 1.82) is 0 Å². The topological polar surface area (TPSA) is 149 Å². The zero-order chi connectivity index (χ0) is 34.8. The summed E-state index contributed by atoms with van der Waals surface area (Å²) < 4.78 is 27.8. The number of amides is 3. The van der Waals surface area contributed by atoms with Gasteiger partial charge in [-0.25, -0.2) is 13.4 Å². The molecule has 1 atom stereocenters. The highest BCUT2D eigenvalue weighted by Crippen LogP contribution is 2.29. The van der Waals surface area contributed by atoms with Gasteiger partial charge in [-0.2, -0.15) is 0 Å². The second kappa shape index (κ2) is 16.3. The highest BCUT2D eigenvalue weighted by molar-refractivity contribution is 7.89. The number of hydrogen-bond acceptors (Lipinski definition) is 7. The summed E-state index contributed by atoms with van der Waals surface area (Å²) in [7, 11) is -3.11. The maximum Gasteiger partial charge on any atom is 0.273 e. The lowest BCUT2D eigenvalue weighted by Gasteiger charge is -2.34. The van der Waals surface area contributed by atoms with Gasteiger partial charge >= 0.3 is 0 Å². The van der Waals surface area contributed by atoms with Gasteiger partial charge in [-0.15, -0.1) is 4.83 Å². The molecule has 3 amide bonds. The molecule has 0 aliphatic carbocycles. The van der Waals surface area contributed by atoms with Crippen molar-refractivity contribution in [3.8, 4) is 5.75 Å². The van der Waals surface area contributed by atoms with Gasteiger partial charge in [0.25, 0.3) is 21.8 Å². The summed E-state index contributed by atoms with van der Waals surface area (Å²) in [5, 5.41) is 15.3. The number of carbonyl (C=O) groups is 3. The fourth-order valence-corrected chi connectivity index (χ4v) is 6.49. The average Bonchev–Trinajstić information content (AvgIpc) is 3.08. The molecule has 4 rings (SSSR count). The van der Waals surface area contributed by atoms with E-state index in [4.69, 9.17) is 0 Å². The first-order valence-electron chi connectivity index (χ1n) is 16.0. The second-order valence-corrected chi connectivity index (χ2v) is 13.6. The number of phenols is 1. The molecule has 1 heterocycles. The number of benzene rings is 3. The molecule has 12 heteroatoms. The highest BCUT2D eigenvalue weighted by atomic mass is 32.2. The van der Waals surface area contributed by atoms with E-state index in [-0.39, 0.29) is 23.7 Å². The van der Waals surface area contributed by atoms with E-state index in [1.807, 2.05) is 32.9 Å². The van der Waals surface area contributed by atoms with Gasteiger partial charge < -0.3 is 15.3 Å². The summed E-state index contributed by atoms with van der Waals surface area (Å²) >= 11 is 0. The normalized spacial score (nSPS) is 12.1. The van der Waals surface area contributed by atoms with Gasteiger partial charge in [0.05, 0.1) is 18.5 Å². The summed E-state index contributed by atoms with van der Waals surface area (Å²) in [4.78, 5) is 49.2. The molecule has 4 aromatic rings. The van der Waals surface area contributed by atoms with Crippen LogP contribution in [0.15, 0.2) is 89.8 Å². The molecule has 254 valence electrons. The zero-order valence-corrected chi connectivity index (χ0v) is 28.5. The van der Waals surface area contributed by atoms with Crippen LogP contribution in [0.2, 0.25) is 0 Å². The summed E-state index contributed by atoms with van der Waals surface area (Å²) in [6, 6.07) is 22.4. The summed E-state index contributed by atoms with van der Waals surface area (Å²) in [6.45, 7) is 5.76. The maximum absolute atomic E-state index is 14.5. The van der Waals surface area contributed by atoms with Crippen LogP contribution >= 0.6 is 0 Å². The van der Waals surface area contributed by atoms with Gasteiger partial charge in [0.1, 0.15) is 22.4 Å². The van der Waals surface area contributed by atoms with Crippen molar-refractivity contribution in [2.75, 3.05) is 13.6 Å². The molecular formula is C36H43N5O6S. The number of pyridine rings is 1. The number of hydrazine groups is 1. The Hall–Kier alpha value is -4.81.